The summed E-state index contributed by atoms with van der Waals surface area (Å²) < 4.78 is 1.58. The molecule has 150 valence electrons. The molecule has 0 saturated carbocycles. The summed E-state index contributed by atoms with van der Waals surface area (Å²) in [5.74, 6) is -0.621. The van der Waals surface area contributed by atoms with Gasteiger partial charge in [0.05, 0.1) is 15.6 Å². The van der Waals surface area contributed by atoms with Gasteiger partial charge in [0.1, 0.15) is 5.69 Å². The van der Waals surface area contributed by atoms with Crippen LogP contribution in [0.5, 0.6) is 0 Å². The minimum absolute atomic E-state index is 0.0491. The number of anilines is 1. The van der Waals surface area contributed by atoms with Crippen molar-refractivity contribution in [2.45, 2.75) is 12.5 Å². The van der Waals surface area contributed by atoms with Crippen molar-refractivity contribution in [3.63, 3.8) is 0 Å². The number of imide groups is 1. The molecule has 2 aliphatic heterocycles. The van der Waals surface area contributed by atoms with Gasteiger partial charge in [0.25, 0.3) is 17.1 Å². The lowest BCUT2D eigenvalue weighted by Crippen LogP contribution is -2.37. The Morgan fingerprint density at radius 1 is 1.38 bits per heavy atom. The Morgan fingerprint density at radius 2 is 2.21 bits per heavy atom. The van der Waals surface area contributed by atoms with E-state index in [0.717, 1.165) is 29.4 Å². The molecule has 3 amide bonds. The standard InChI is InChI=1S/C19H18ClN5O3S/c1-24-7-6-14(23-24)17(26)21-12-5-8-25(10-12)16-11(3-2-4-13(16)20)9-15-18(27)22-19(28)29-15/h2-4,6-7,9,12H,5,8,10H2,1H3,(H,21,26)(H,22,27,28)/b15-9-/t12-/m0/s1. The number of aromatic nitrogens is 2. The zero-order chi connectivity index (χ0) is 20.5. The average molecular weight is 432 g/mol. The third-order valence-electron chi connectivity index (χ3n) is 4.73. The Labute approximate surface area is 176 Å². The monoisotopic (exact) mass is 431 g/mol. The molecule has 29 heavy (non-hydrogen) atoms. The fourth-order valence-electron chi connectivity index (χ4n) is 3.42. The first kappa shape index (κ1) is 19.5. The van der Waals surface area contributed by atoms with Crippen molar-refractivity contribution >= 4 is 52.2 Å². The van der Waals surface area contributed by atoms with Gasteiger partial charge < -0.3 is 10.2 Å². The van der Waals surface area contributed by atoms with Crippen molar-refractivity contribution in [1.29, 1.82) is 0 Å². The number of carbonyl (C=O) groups excluding carboxylic acids is 3. The lowest BCUT2D eigenvalue weighted by molar-refractivity contribution is -0.115. The van der Waals surface area contributed by atoms with Gasteiger partial charge in [-0.3, -0.25) is 24.4 Å². The van der Waals surface area contributed by atoms with Crippen molar-refractivity contribution < 1.29 is 14.4 Å². The highest BCUT2D eigenvalue weighted by molar-refractivity contribution is 8.18. The van der Waals surface area contributed by atoms with Gasteiger partial charge in [-0.25, -0.2) is 0 Å². The van der Waals surface area contributed by atoms with E-state index in [-0.39, 0.29) is 17.2 Å². The number of halogens is 1. The number of hydrogen-bond donors (Lipinski definition) is 2. The molecular formula is C19H18ClN5O3S. The Kier molecular flexibility index (Phi) is 5.33. The lowest BCUT2D eigenvalue weighted by atomic mass is 10.1. The molecule has 1 aromatic heterocycles. The van der Waals surface area contributed by atoms with Crippen LogP contribution in [0.3, 0.4) is 0 Å². The number of amides is 3. The summed E-state index contributed by atoms with van der Waals surface area (Å²) in [6, 6.07) is 7.06. The summed E-state index contributed by atoms with van der Waals surface area (Å²) >= 11 is 7.33. The van der Waals surface area contributed by atoms with Crippen molar-refractivity contribution in [1.82, 2.24) is 20.4 Å². The fraction of sp³-hybridized carbons (Fsp3) is 0.263. The highest BCUT2D eigenvalue weighted by Gasteiger charge is 2.29. The predicted molar refractivity (Wildman–Crippen MR) is 112 cm³/mol. The number of aryl methyl sites for hydroxylation is 1. The van der Waals surface area contributed by atoms with Crippen LogP contribution in [0.2, 0.25) is 5.02 Å². The van der Waals surface area contributed by atoms with Crippen LogP contribution in [-0.4, -0.2) is 46.0 Å². The molecule has 2 aromatic rings. The molecule has 0 radical (unpaired) electrons. The number of benzene rings is 1. The topological polar surface area (TPSA) is 96.3 Å². The van der Waals surface area contributed by atoms with E-state index in [1.807, 2.05) is 6.07 Å². The number of nitrogens with one attached hydrogen (secondary N) is 2. The second-order valence-electron chi connectivity index (χ2n) is 6.81. The zero-order valence-corrected chi connectivity index (χ0v) is 17.1. The highest BCUT2D eigenvalue weighted by Crippen LogP contribution is 2.36. The molecule has 0 aliphatic carbocycles. The smallest absolute Gasteiger partial charge is 0.290 e. The van der Waals surface area contributed by atoms with E-state index < -0.39 is 5.91 Å². The Hall–Kier alpha value is -2.78. The van der Waals surface area contributed by atoms with E-state index >= 15 is 0 Å². The third-order valence-corrected chi connectivity index (χ3v) is 5.85. The SMILES string of the molecule is Cn1ccc(C(=O)N[C@H]2CCN(c3c(Cl)cccc3/C=C3\SC(=O)NC3=O)C2)n1. The number of hydrogen-bond acceptors (Lipinski definition) is 6. The second-order valence-corrected chi connectivity index (χ2v) is 8.23. The minimum Gasteiger partial charge on any atom is -0.368 e. The minimum atomic E-state index is -0.409. The van der Waals surface area contributed by atoms with Gasteiger partial charge in [-0.1, -0.05) is 23.7 Å². The molecule has 10 heteroatoms. The van der Waals surface area contributed by atoms with Crippen LogP contribution in [0, 0.1) is 0 Å². The van der Waals surface area contributed by atoms with E-state index in [0.29, 0.717) is 28.7 Å². The first-order chi connectivity index (χ1) is 13.9. The molecule has 2 saturated heterocycles. The maximum Gasteiger partial charge on any atom is 0.290 e. The lowest BCUT2D eigenvalue weighted by Gasteiger charge is -2.22. The van der Waals surface area contributed by atoms with E-state index in [1.54, 1.807) is 42.2 Å². The summed E-state index contributed by atoms with van der Waals surface area (Å²) in [5, 5.41) is 9.54. The Balaban J connectivity index is 1.52. The molecule has 0 bridgehead atoms. The van der Waals surface area contributed by atoms with Gasteiger partial charge >= 0.3 is 0 Å². The predicted octanol–water partition coefficient (Wildman–Crippen LogP) is 2.41. The fourth-order valence-corrected chi connectivity index (χ4v) is 4.40. The maximum atomic E-state index is 12.4. The van der Waals surface area contributed by atoms with E-state index in [2.05, 4.69) is 20.6 Å². The number of nitrogens with zero attached hydrogens (tertiary/aromatic N) is 3. The molecule has 2 N–H and O–H groups in total. The van der Waals surface area contributed by atoms with Gasteiger partial charge in [-0.15, -0.1) is 0 Å². The largest absolute Gasteiger partial charge is 0.368 e. The molecule has 2 aliphatic rings. The molecule has 8 nitrogen and oxygen atoms in total. The van der Waals surface area contributed by atoms with E-state index in [9.17, 15) is 14.4 Å². The zero-order valence-electron chi connectivity index (χ0n) is 15.5. The van der Waals surface area contributed by atoms with Crippen LogP contribution in [0.25, 0.3) is 6.08 Å². The molecule has 4 rings (SSSR count). The molecule has 0 spiro atoms. The Morgan fingerprint density at radius 3 is 2.90 bits per heavy atom. The van der Waals surface area contributed by atoms with Crippen molar-refractivity contribution in [3.05, 3.63) is 51.6 Å². The number of carbonyl (C=O) groups is 3. The van der Waals surface area contributed by atoms with Gasteiger partial charge in [0.15, 0.2) is 0 Å². The van der Waals surface area contributed by atoms with Crippen molar-refractivity contribution in [3.8, 4) is 0 Å². The van der Waals surface area contributed by atoms with Gasteiger partial charge in [0.2, 0.25) is 0 Å². The van der Waals surface area contributed by atoms with Crippen molar-refractivity contribution in [2.75, 3.05) is 18.0 Å². The van der Waals surface area contributed by atoms with E-state index in [1.165, 1.54) is 0 Å². The number of thioether (sulfide) groups is 1. The van der Waals surface area contributed by atoms with Crippen LogP contribution >= 0.6 is 23.4 Å². The Bertz CT molecular complexity index is 1030. The average Bonchev–Trinajstić information content (AvgIpc) is 3.37. The summed E-state index contributed by atoms with van der Waals surface area (Å²) in [6.07, 6.45) is 4.15. The molecule has 1 atom stereocenters. The number of rotatable bonds is 4. The van der Waals surface area contributed by atoms with Crippen LogP contribution in [0.1, 0.15) is 22.5 Å². The molecule has 0 unspecified atom stereocenters. The van der Waals surface area contributed by atoms with Crippen LogP contribution in [0.15, 0.2) is 35.4 Å². The van der Waals surface area contributed by atoms with Gasteiger partial charge in [0, 0.05) is 37.9 Å². The summed E-state index contributed by atoms with van der Waals surface area (Å²) in [6.45, 7) is 1.28. The molecule has 1 aromatic carbocycles. The van der Waals surface area contributed by atoms with E-state index in [4.69, 9.17) is 11.6 Å². The van der Waals surface area contributed by atoms with Gasteiger partial charge in [-0.05, 0) is 36.4 Å². The first-order valence-corrected chi connectivity index (χ1v) is 10.2. The van der Waals surface area contributed by atoms with Crippen LogP contribution in [0.4, 0.5) is 10.5 Å². The van der Waals surface area contributed by atoms with Crippen LogP contribution < -0.4 is 15.5 Å². The quantitative estimate of drug-likeness (QED) is 0.721. The number of para-hydroxylation sites is 1. The van der Waals surface area contributed by atoms with Gasteiger partial charge in [-0.2, -0.15) is 5.10 Å². The first-order valence-electron chi connectivity index (χ1n) is 8.99. The summed E-state index contributed by atoms with van der Waals surface area (Å²) in [7, 11) is 1.76. The second kappa shape index (κ2) is 7.92. The normalized spacial score (nSPS) is 20.4. The molecule has 2 fully saturated rings. The summed E-state index contributed by atoms with van der Waals surface area (Å²) in [5.41, 5.74) is 1.91. The highest BCUT2D eigenvalue weighted by atomic mass is 35.5. The third kappa shape index (κ3) is 4.15. The molecular weight excluding hydrogens is 414 g/mol. The van der Waals surface area contributed by atoms with Crippen molar-refractivity contribution in [2.24, 2.45) is 7.05 Å². The molecule has 3 heterocycles. The van der Waals surface area contributed by atoms with Crippen LogP contribution in [-0.2, 0) is 11.8 Å². The summed E-state index contributed by atoms with van der Waals surface area (Å²) in [4.78, 5) is 38.1. The maximum absolute atomic E-state index is 12.4.